The summed E-state index contributed by atoms with van der Waals surface area (Å²) < 4.78 is 6.15. The largest absolute Gasteiger partial charge is 0.464 e. The van der Waals surface area contributed by atoms with E-state index in [0.29, 0.717) is 18.5 Å². The van der Waals surface area contributed by atoms with E-state index in [9.17, 15) is 0 Å². The number of hydrogen-bond donors (Lipinski definition) is 1. The van der Waals surface area contributed by atoms with Crippen LogP contribution in [0.5, 0.6) is 0 Å². The fourth-order valence-corrected chi connectivity index (χ4v) is 3.20. The van der Waals surface area contributed by atoms with Crippen molar-refractivity contribution in [1.29, 1.82) is 0 Å². The highest BCUT2D eigenvalue weighted by atomic mass is 16.3. The van der Waals surface area contributed by atoms with Gasteiger partial charge in [0.25, 0.3) is 0 Å². The molecule has 1 aromatic rings. The molecule has 0 aromatic carbocycles. The minimum Gasteiger partial charge on any atom is -0.464 e. The second-order valence-electron chi connectivity index (χ2n) is 6.85. The van der Waals surface area contributed by atoms with Gasteiger partial charge >= 0.3 is 0 Å². The van der Waals surface area contributed by atoms with Gasteiger partial charge in [0, 0.05) is 18.5 Å². The van der Waals surface area contributed by atoms with Crippen molar-refractivity contribution in [1.82, 2.24) is 4.90 Å². The van der Waals surface area contributed by atoms with Crippen molar-refractivity contribution >= 4 is 0 Å². The van der Waals surface area contributed by atoms with Gasteiger partial charge in [-0.1, -0.05) is 26.7 Å². The van der Waals surface area contributed by atoms with E-state index in [1.165, 1.54) is 25.7 Å². The molecule has 3 nitrogen and oxygen atoms in total. The highest BCUT2D eigenvalue weighted by molar-refractivity contribution is 5.19. The van der Waals surface area contributed by atoms with Gasteiger partial charge < -0.3 is 10.2 Å². The molecule has 3 heteroatoms. The summed E-state index contributed by atoms with van der Waals surface area (Å²) in [5.74, 6) is 3.64. The molecule has 1 saturated carbocycles. The summed E-state index contributed by atoms with van der Waals surface area (Å²) in [7, 11) is 0. The Morgan fingerprint density at radius 1 is 1.33 bits per heavy atom. The quantitative estimate of drug-likeness (QED) is 0.690. The predicted molar refractivity (Wildman–Crippen MR) is 88.4 cm³/mol. The lowest BCUT2D eigenvalue weighted by Gasteiger charge is -2.33. The Morgan fingerprint density at radius 3 is 2.57 bits per heavy atom. The number of nitrogens with two attached hydrogens (primary N) is 1. The van der Waals surface area contributed by atoms with Gasteiger partial charge in [-0.2, -0.15) is 0 Å². The van der Waals surface area contributed by atoms with Gasteiger partial charge in [-0.3, -0.25) is 4.90 Å². The van der Waals surface area contributed by atoms with Crippen LogP contribution in [0.2, 0.25) is 0 Å². The van der Waals surface area contributed by atoms with Crippen LogP contribution < -0.4 is 5.73 Å². The van der Waals surface area contributed by atoms with Gasteiger partial charge in [-0.15, -0.1) is 0 Å². The Bertz CT molecular complexity index is 427. The first-order valence-electron chi connectivity index (χ1n) is 8.63. The van der Waals surface area contributed by atoms with Gasteiger partial charge in [0.2, 0.25) is 0 Å². The van der Waals surface area contributed by atoms with E-state index >= 15 is 0 Å². The standard InChI is InChI=1S/C18H32N2O/c1-5-6-7-10-20(13(2)3)16(12-19)18-9-8-17(21-18)15-11-14(15)4/h8-9,13-16H,5-7,10-12,19H2,1-4H3. The van der Waals surface area contributed by atoms with Gasteiger partial charge in [-0.25, -0.2) is 0 Å². The Hall–Kier alpha value is -0.800. The maximum absolute atomic E-state index is 6.15. The molecule has 1 aliphatic carbocycles. The van der Waals surface area contributed by atoms with Crippen LogP contribution in [0.4, 0.5) is 0 Å². The minimum absolute atomic E-state index is 0.213. The predicted octanol–water partition coefficient (Wildman–Crippen LogP) is 4.30. The summed E-state index contributed by atoms with van der Waals surface area (Å²) >= 11 is 0. The maximum Gasteiger partial charge on any atom is 0.122 e. The van der Waals surface area contributed by atoms with E-state index in [0.717, 1.165) is 24.0 Å². The van der Waals surface area contributed by atoms with Crippen LogP contribution in [-0.2, 0) is 0 Å². The summed E-state index contributed by atoms with van der Waals surface area (Å²) in [5, 5.41) is 0. The number of rotatable bonds is 9. The Labute approximate surface area is 129 Å². The zero-order valence-electron chi connectivity index (χ0n) is 14.1. The van der Waals surface area contributed by atoms with Crippen molar-refractivity contribution < 1.29 is 4.42 Å². The second kappa shape index (κ2) is 7.46. The van der Waals surface area contributed by atoms with Crippen molar-refractivity contribution in [2.75, 3.05) is 13.1 Å². The molecule has 0 radical (unpaired) electrons. The van der Waals surface area contributed by atoms with Gasteiger partial charge in [-0.05, 0) is 51.3 Å². The van der Waals surface area contributed by atoms with E-state index in [4.69, 9.17) is 10.2 Å². The molecule has 1 aliphatic rings. The molecule has 0 saturated heterocycles. The normalized spacial score (nSPS) is 23.0. The number of unbranched alkanes of at least 4 members (excludes halogenated alkanes) is 2. The molecule has 120 valence electrons. The first-order chi connectivity index (χ1) is 10.1. The molecule has 3 unspecified atom stereocenters. The Kier molecular flexibility index (Phi) is 5.88. The molecule has 0 aliphatic heterocycles. The van der Waals surface area contributed by atoms with Crippen LogP contribution in [0.25, 0.3) is 0 Å². The van der Waals surface area contributed by atoms with Crippen molar-refractivity contribution in [2.45, 2.75) is 71.4 Å². The van der Waals surface area contributed by atoms with E-state index < -0.39 is 0 Å². The molecule has 0 bridgehead atoms. The third kappa shape index (κ3) is 4.10. The number of furan rings is 1. The van der Waals surface area contributed by atoms with Crippen LogP contribution in [0.3, 0.4) is 0 Å². The second-order valence-corrected chi connectivity index (χ2v) is 6.85. The number of hydrogen-bond acceptors (Lipinski definition) is 3. The van der Waals surface area contributed by atoms with Crippen LogP contribution >= 0.6 is 0 Å². The summed E-state index contributed by atoms with van der Waals surface area (Å²) in [6, 6.07) is 5.01. The van der Waals surface area contributed by atoms with Gasteiger partial charge in [0.1, 0.15) is 11.5 Å². The van der Waals surface area contributed by atoms with E-state index in [-0.39, 0.29) is 6.04 Å². The summed E-state index contributed by atoms with van der Waals surface area (Å²) in [6.07, 6.45) is 5.04. The summed E-state index contributed by atoms with van der Waals surface area (Å²) in [6.45, 7) is 10.8. The zero-order valence-corrected chi connectivity index (χ0v) is 14.1. The van der Waals surface area contributed by atoms with Crippen LogP contribution in [0.15, 0.2) is 16.5 Å². The summed E-state index contributed by atoms with van der Waals surface area (Å²) in [5.41, 5.74) is 6.07. The molecule has 21 heavy (non-hydrogen) atoms. The van der Waals surface area contributed by atoms with Crippen molar-refractivity contribution in [3.63, 3.8) is 0 Å². The Morgan fingerprint density at radius 2 is 2.05 bits per heavy atom. The maximum atomic E-state index is 6.15. The highest BCUT2D eigenvalue weighted by Gasteiger charge is 2.37. The van der Waals surface area contributed by atoms with Gasteiger partial charge in [0.05, 0.1) is 6.04 Å². The molecule has 1 fully saturated rings. The fraction of sp³-hybridized carbons (Fsp3) is 0.778. The molecule has 0 spiro atoms. The van der Waals surface area contributed by atoms with Crippen LogP contribution in [-0.4, -0.2) is 24.0 Å². The third-order valence-electron chi connectivity index (χ3n) is 4.76. The fourth-order valence-electron chi connectivity index (χ4n) is 3.20. The monoisotopic (exact) mass is 292 g/mol. The lowest BCUT2D eigenvalue weighted by Crippen LogP contribution is -2.39. The molecule has 2 rings (SSSR count). The van der Waals surface area contributed by atoms with Crippen molar-refractivity contribution in [3.8, 4) is 0 Å². The first-order valence-corrected chi connectivity index (χ1v) is 8.63. The minimum atomic E-state index is 0.213. The number of nitrogens with zero attached hydrogens (tertiary/aromatic N) is 1. The van der Waals surface area contributed by atoms with E-state index in [1.54, 1.807) is 0 Å². The SMILES string of the molecule is CCCCCN(C(C)C)C(CN)c1ccc(C2CC2C)o1. The lowest BCUT2D eigenvalue weighted by atomic mass is 10.1. The van der Waals surface area contributed by atoms with Crippen LogP contribution in [0, 0.1) is 5.92 Å². The van der Waals surface area contributed by atoms with Crippen LogP contribution in [0.1, 0.15) is 76.9 Å². The highest BCUT2D eigenvalue weighted by Crippen LogP contribution is 2.47. The molecule has 1 aromatic heterocycles. The van der Waals surface area contributed by atoms with E-state index in [1.807, 2.05) is 0 Å². The molecule has 2 N–H and O–H groups in total. The van der Waals surface area contributed by atoms with Crippen molar-refractivity contribution in [2.24, 2.45) is 11.7 Å². The first kappa shape index (κ1) is 16.6. The topological polar surface area (TPSA) is 42.4 Å². The van der Waals surface area contributed by atoms with E-state index in [2.05, 4.69) is 44.7 Å². The Balaban J connectivity index is 2.06. The zero-order chi connectivity index (χ0) is 15.4. The average Bonchev–Trinajstić information content (AvgIpc) is 3.00. The molecule has 3 atom stereocenters. The third-order valence-corrected chi connectivity index (χ3v) is 4.76. The molecular weight excluding hydrogens is 260 g/mol. The lowest BCUT2D eigenvalue weighted by molar-refractivity contribution is 0.135. The van der Waals surface area contributed by atoms with Gasteiger partial charge in [0.15, 0.2) is 0 Å². The van der Waals surface area contributed by atoms with Crippen molar-refractivity contribution in [3.05, 3.63) is 23.7 Å². The molecule has 0 amide bonds. The average molecular weight is 292 g/mol. The molecule has 1 heterocycles. The summed E-state index contributed by atoms with van der Waals surface area (Å²) in [4.78, 5) is 2.49. The smallest absolute Gasteiger partial charge is 0.122 e. The molecular formula is C18H32N2O.